The summed E-state index contributed by atoms with van der Waals surface area (Å²) in [7, 11) is -3.39. The SMILES string of the molecule is CC(C)(C)CS(=O)(=O)CC(=O)Nc1ccc(Br)cc1. The van der Waals surface area contributed by atoms with Gasteiger partial charge in [-0.05, 0) is 29.7 Å². The molecule has 0 saturated heterocycles. The van der Waals surface area contributed by atoms with Crippen LogP contribution >= 0.6 is 15.9 Å². The normalized spacial score (nSPS) is 12.2. The van der Waals surface area contributed by atoms with Crippen LogP contribution in [-0.2, 0) is 14.6 Å². The first-order chi connectivity index (χ1) is 8.57. The van der Waals surface area contributed by atoms with Gasteiger partial charge in [-0.3, -0.25) is 4.79 Å². The van der Waals surface area contributed by atoms with Gasteiger partial charge in [0.15, 0.2) is 9.84 Å². The molecule has 0 unspecified atom stereocenters. The number of sulfone groups is 1. The van der Waals surface area contributed by atoms with Gasteiger partial charge in [-0.15, -0.1) is 0 Å². The lowest BCUT2D eigenvalue weighted by molar-refractivity contribution is -0.113. The molecule has 0 radical (unpaired) electrons. The van der Waals surface area contributed by atoms with Crippen LogP contribution in [0.5, 0.6) is 0 Å². The molecule has 106 valence electrons. The van der Waals surface area contributed by atoms with Crippen LogP contribution < -0.4 is 5.32 Å². The minimum absolute atomic E-state index is 0.00619. The Morgan fingerprint density at radius 1 is 1.21 bits per heavy atom. The largest absolute Gasteiger partial charge is 0.325 e. The number of halogens is 1. The van der Waals surface area contributed by atoms with E-state index in [9.17, 15) is 13.2 Å². The Labute approximate surface area is 122 Å². The number of benzene rings is 1. The average Bonchev–Trinajstić information content (AvgIpc) is 2.16. The molecule has 0 aliphatic carbocycles. The van der Waals surface area contributed by atoms with E-state index in [-0.39, 0.29) is 11.2 Å². The summed E-state index contributed by atoms with van der Waals surface area (Å²) in [6.45, 7) is 5.49. The number of hydrogen-bond acceptors (Lipinski definition) is 3. The summed E-state index contributed by atoms with van der Waals surface area (Å²) in [6.07, 6.45) is 0. The summed E-state index contributed by atoms with van der Waals surface area (Å²) in [6, 6.07) is 6.97. The Bertz CT molecular complexity index is 544. The van der Waals surface area contributed by atoms with Crippen molar-refractivity contribution < 1.29 is 13.2 Å². The summed E-state index contributed by atoms with van der Waals surface area (Å²) < 4.78 is 24.6. The third-order valence-electron chi connectivity index (χ3n) is 2.13. The number of carbonyl (C=O) groups is 1. The van der Waals surface area contributed by atoms with Crippen molar-refractivity contribution in [3.8, 4) is 0 Å². The number of nitrogens with one attached hydrogen (secondary N) is 1. The zero-order chi connectivity index (χ0) is 14.7. The van der Waals surface area contributed by atoms with Gasteiger partial charge < -0.3 is 5.32 Å². The summed E-state index contributed by atoms with van der Waals surface area (Å²) >= 11 is 3.28. The van der Waals surface area contributed by atoms with Crippen LogP contribution in [-0.4, -0.2) is 25.8 Å². The molecule has 0 atom stereocenters. The molecule has 4 nitrogen and oxygen atoms in total. The summed E-state index contributed by atoms with van der Waals surface area (Å²) in [5, 5.41) is 2.57. The Balaban J connectivity index is 2.63. The monoisotopic (exact) mass is 347 g/mol. The van der Waals surface area contributed by atoms with Gasteiger partial charge in [-0.1, -0.05) is 36.7 Å². The van der Waals surface area contributed by atoms with Gasteiger partial charge in [-0.2, -0.15) is 0 Å². The molecule has 0 aliphatic heterocycles. The number of hydrogen-bond donors (Lipinski definition) is 1. The van der Waals surface area contributed by atoms with Crippen LogP contribution in [0.15, 0.2) is 28.7 Å². The van der Waals surface area contributed by atoms with Crippen LogP contribution in [0.25, 0.3) is 0 Å². The molecule has 1 N–H and O–H groups in total. The van der Waals surface area contributed by atoms with E-state index in [0.29, 0.717) is 5.69 Å². The first-order valence-corrected chi connectivity index (χ1v) is 8.45. The first kappa shape index (κ1) is 16.2. The van der Waals surface area contributed by atoms with Crippen LogP contribution in [0.3, 0.4) is 0 Å². The molecule has 1 amide bonds. The van der Waals surface area contributed by atoms with E-state index in [1.54, 1.807) is 24.3 Å². The molecule has 0 heterocycles. The second-order valence-electron chi connectivity index (χ2n) is 5.65. The van der Waals surface area contributed by atoms with E-state index >= 15 is 0 Å². The molecular weight excluding hydrogens is 330 g/mol. The third kappa shape index (κ3) is 6.73. The van der Waals surface area contributed by atoms with Gasteiger partial charge >= 0.3 is 0 Å². The van der Waals surface area contributed by atoms with Gasteiger partial charge in [0.05, 0.1) is 5.75 Å². The number of anilines is 1. The summed E-state index contributed by atoms with van der Waals surface area (Å²) in [4.78, 5) is 11.7. The Morgan fingerprint density at radius 3 is 2.21 bits per heavy atom. The fourth-order valence-electron chi connectivity index (χ4n) is 1.64. The van der Waals surface area contributed by atoms with Crippen molar-refractivity contribution in [3.05, 3.63) is 28.7 Å². The molecule has 0 spiro atoms. The van der Waals surface area contributed by atoms with E-state index in [1.165, 1.54) is 0 Å². The highest BCUT2D eigenvalue weighted by molar-refractivity contribution is 9.10. The van der Waals surface area contributed by atoms with Crippen molar-refractivity contribution in [2.24, 2.45) is 5.41 Å². The standard InChI is InChI=1S/C13H18BrNO3S/c1-13(2,3)9-19(17,18)8-12(16)15-11-6-4-10(14)5-7-11/h4-7H,8-9H2,1-3H3,(H,15,16). The number of amides is 1. The van der Waals surface area contributed by atoms with Gasteiger partial charge in [0.25, 0.3) is 0 Å². The van der Waals surface area contributed by atoms with Crippen molar-refractivity contribution in [1.82, 2.24) is 0 Å². The van der Waals surface area contributed by atoms with Gasteiger partial charge in [0, 0.05) is 10.2 Å². The van der Waals surface area contributed by atoms with Crippen molar-refractivity contribution in [2.45, 2.75) is 20.8 Å². The minimum Gasteiger partial charge on any atom is -0.325 e. The van der Waals surface area contributed by atoms with Crippen LogP contribution in [0.2, 0.25) is 0 Å². The van der Waals surface area contributed by atoms with E-state index in [2.05, 4.69) is 21.2 Å². The lowest BCUT2D eigenvalue weighted by atomic mass is 10.0. The molecule has 1 aromatic carbocycles. The molecule has 6 heteroatoms. The highest BCUT2D eigenvalue weighted by atomic mass is 79.9. The second-order valence-corrected chi connectivity index (χ2v) is 8.63. The van der Waals surface area contributed by atoms with E-state index < -0.39 is 21.5 Å². The molecule has 0 aliphatic rings. The molecule has 0 fully saturated rings. The van der Waals surface area contributed by atoms with Crippen LogP contribution in [0.1, 0.15) is 20.8 Å². The van der Waals surface area contributed by atoms with Crippen molar-refractivity contribution in [3.63, 3.8) is 0 Å². The number of carbonyl (C=O) groups excluding carboxylic acids is 1. The molecule has 1 aromatic rings. The molecule has 1 rings (SSSR count). The van der Waals surface area contributed by atoms with Gasteiger partial charge in [0.1, 0.15) is 5.75 Å². The molecule has 0 aromatic heterocycles. The van der Waals surface area contributed by atoms with Gasteiger partial charge in [0.2, 0.25) is 5.91 Å². The topological polar surface area (TPSA) is 63.2 Å². The van der Waals surface area contributed by atoms with Crippen LogP contribution in [0.4, 0.5) is 5.69 Å². The summed E-state index contributed by atoms with van der Waals surface area (Å²) in [5.74, 6) is -1.000. The Morgan fingerprint density at radius 2 is 1.74 bits per heavy atom. The fraction of sp³-hybridized carbons (Fsp3) is 0.462. The van der Waals surface area contributed by atoms with Crippen molar-refractivity contribution in [1.29, 1.82) is 0 Å². The predicted octanol–water partition coefficient (Wildman–Crippen LogP) is 2.85. The maximum Gasteiger partial charge on any atom is 0.239 e. The third-order valence-corrected chi connectivity index (χ3v) is 4.67. The molecule has 0 saturated carbocycles. The van der Waals surface area contributed by atoms with E-state index in [4.69, 9.17) is 0 Å². The minimum atomic E-state index is -3.39. The van der Waals surface area contributed by atoms with E-state index in [1.807, 2.05) is 20.8 Å². The van der Waals surface area contributed by atoms with Crippen LogP contribution in [0, 0.1) is 5.41 Å². The van der Waals surface area contributed by atoms with Crippen molar-refractivity contribution >= 4 is 37.4 Å². The maximum absolute atomic E-state index is 11.8. The van der Waals surface area contributed by atoms with Gasteiger partial charge in [-0.25, -0.2) is 8.42 Å². The molecular formula is C13H18BrNO3S. The first-order valence-electron chi connectivity index (χ1n) is 5.83. The second kappa shape index (κ2) is 6.05. The highest BCUT2D eigenvalue weighted by Crippen LogP contribution is 2.17. The smallest absolute Gasteiger partial charge is 0.239 e. The fourth-order valence-corrected chi connectivity index (χ4v) is 3.80. The average molecular weight is 348 g/mol. The maximum atomic E-state index is 11.8. The summed E-state index contributed by atoms with van der Waals surface area (Å²) in [5.41, 5.74) is 0.232. The highest BCUT2D eigenvalue weighted by Gasteiger charge is 2.24. The molecule has 19 heavy (non-hydrogen) atoms. The lowest BCUT2D eigenvalue weighted by Crippen LogP contribution is -2.29. The Hall–Kier alpha value is -0.880. The zero-order valence-electron chi connectivity index (χ0n) is 11.2. The predicted molar refractivity (Wildman–Crippen MR) is 80.9 cm³/mol. The quantitative estimate of drug-likeness (QED) is 0.910. The van der Waals surface area contributed by atoms with Crippen molar-refractivity contribution in [2.75, 3.05) is 16.8 Å². The molecule has 0 bridgehead atoms. The Kier molecular flexibility index (Phi) is 5.15. The number of rotatable bonds is 4. The zero-order valence-corrected chi connectivity index (χ0v) is 13.6. The lowest BCUT2D eigenvalue weighted by Gasteiger charge is -2.17. The van der Waals surface area contributed by atoms with E-state index in [0.717, 1.165) is 4.47 Å².